The van der Waals surface area contributed by atoms with Crippen LogP contribution in [0.3, 0.4) is 0 Å². The van der Waals surface area contributed by atoms with Gasteiger partial charge in [-0.25, -0.2) is 4.79 Å². The van der Waals surface area contributed by atoms with E-state index >= 15 is 0 Å². The Labute approximate surface area is 188 Å². The van der Waals surface area contributed by atoms with Gasteiger partial charge in [0.2, 0.25) is 17.7 Å². The Bertz CT molecular complexity index is 629. The fraction of sp³-hybridized carbons (Fsp3) is 0.800. The van der Waals surface area contributed by atoms with Gasteiger partial charge in [-0.2, -0.15) is 0 Å². The number of aliphatic carboxylic acids is 1. The summed E-state index contributed by atoms with van der Waals surface area (Å²) in [5.41, 5.74) is 11.0. The van der Waals surface area contributed by atoms with E-state index < -0.39 is 60.1 Å². The van der Waals surface area contributed by atoms with Crippen molar-refractivity contribution in [3.05, 3.63) is 0 Å². The molecule has 0 spiro atoms. The molecule has 0 aliphatic carbocycles. The first-order valence-corrected chi connectivity index (χ1v) is 10.8. The summed E-state index contributed by atoms with van der Waals surface area (Å²) in [6.45, 7) is 6.49. The van der Waals surface area contributed by atoms with Crippen LogP contribution in [0, 0.1) is 5.92 Å². The highest BCUT2D eigenvalue weighted by Crippen LogP contribution is 2.10. The van der Waals surface area contributed by atoms with Gasteiger partial charge in [-0.1, -0.05) is 20.3 Å². The van der Waals surface area contributed by atoms with Crippen molar-refractivity contribution < 1.29 is 34.5 Å². The maximum absolute atomic E-state index is 12.9. The van der Waals surface area contributed by atoms with Crippen LogP contribution in [0.5, 0.6) is 0 Å². The molecule has 12 nitrogen and oxygen atoms in total. The molecular weight excluding hydrogens is 422 g/mol. The smallest absolute Gasteiger partial charge is 0.326 e. The Balaban J connectivity index is 5.42. The fourth-order valence-electron chi connectivity index (χ4n) is 2.83. The van der Waals surface area contributed by atoms with Crippen LogP contribution in [0.25, 0.3) is 0 Å². The van der Waals surface area contributed by atoms with E-state index in [0.717, 1.165) is 0 Å². The summed E-state index contributed by atoms with van der Waals surface area (Å²) in [5, 5.41) is 36.1. The number of carboxylic acids is 1. The second-order valence-electron chi connectivity index (χ2n) is 8.05. The highest BCUT2D eigenvalue weighted by Gasteiger charge is 2.34. The molecule has 0 aromatic heterocycles. The number of hydrogen-bond donors (Lipinski definition) is 8. The third-order valence-corrected chi connectivity index (χ3v) is 5.24. The highest BCUT2D eigenvalue weighted by atomic mass is 16.4. The average Bonchev–Trinajstić information content (AvgIpc) is 2.72. The minimum Gasteiger partial charge on any atom is -0.480 e. The third kappa shape index (κ3) is 9.90. The van der Waals surface area contributed by atoms with E-state index in [2.05, 4.69) is 16.0 Å². The van der Waals surface area contributed by atoms with Crippen LogP contribution in [0.4, 0.5) is 0 Å². The molecule has 3 amide bonds. The van der Waals surface area contributed by atoms with E-state index in [1.165, 1.54) is 13.8 Å². The average molecular weight is 462 g/mol. The number of aliphatic hydroxyl groups excluding tert-OH is 2. The zero-order valence-corrected chi connectivity index (χ0v) is 19.2. The molecule has 7 atom stereocenters. The number of carbonyl (C=O) groups excluding carboxylic acids is 3. The van der Waals surface area contributed by atoms with E-state index in [-0.39, 0.29) is 12.3 Å². The lowest BCUT2D eigenvalue weighted by atomic mass is 9.97. The molecule has 10 N–H and O–H groups in total. The van der Waals surface area contributed by atoms with Gasteiger partial charge < -0.3 is 42.7 Å². The molecule has 186 valence electrons. The fourth-order valence-corrected chi connectivity index (χ4v) is 2.83. The number of nitrogens with one attached hydrogen (secondary N) is 3. The van der Waals surface area contributed by atoms with Crippen molar-refractivity contribution in [1.82, 2.24) is 16.0 Å². The zero-order chi connectivity index (χ0) is 25.0. The number of unbranched alkanes of at least 4 members (excludes halogenated alkanes) is 1. The molecule has 0 saturated heterocycles. The number of aliphatic hydroxyl groups is 2. The van der Waals surface area contributed by atoms with Crippen LogP contribution in [0.2, 0.25) is 0 Å². The van der Waals surface area contributed by atoms with Gasteiger partial charge in [0.25, 0.3) is 0 Å². The van der Waals surface area contributed by atoms with Gasteiger partial charge in [0.15, 0.2) is 0 Å². The highest BCUT2D eigenvalue weighted by molar-refractivity contribution is 5.94. The first-order chi connectivity index (χ1) is 14.9. The van der Waals surface area contributed by atoms with Gasteiger partial charge >= 0.3 is 5.97 Å². The summed E-state index contributed by atoms with van der Waals surface area (Å²) in [6.07, 6.45) is -0.784. The predicted octanol–water partition coefficient (Wildman–Crippen LogP) is -2.21. The summed E-state index contributed by atoms with van der Waals surface area (Å²) in [5.74, 6) is -3.97. The second-order valence-corrected chi connectivity index (χ2v) is 8.05. The molecule has 7 unspecified atom stereocenters. The van der Waals surface area contributed by atoms with Crippen molar-refractivity contribution in [2.24, 2.45) is 17.4 Å². The van der Waals surface area contributed by atoms with Crippen LogP contribution in [0.1, 0.15) is 53.4 Å². The van der Waals surface area contributed by atoms with Gasteiger partial charge in [0.1, 0.15) is 24.2 Å². The Morgan fingerprint density at radius 1 is 0.844 bits per heavy atom. The molecule has 0 fully saturated rings. The molecule has 0 heterocycles. The Hall–Kier alpha value is -2.28. The Morgan fingerprint density at radius 2 is 1.38 bits per heavy atom. The van der Waals surface area contributed by atoms with E-state index in [4.69, 9.17) is 11.5 Å². The summed E-state index contributed by atoms with van der Waals surface area (Å²) in [7, 11) is 0. The molecule has 0 aliphatic heterocycles. The monoisotopic (exact) mass is 461 g/mol. The number of nitrogens with two attached hydrogens (primary N) is 2. The standard InChI is InChI=1S/C20H39N5O7/c1-5-10(2)15(24-17(28)14(22)11(3)26)18(29)25-16(12(4)27)19(30)23-13(20(31)32)8-6-7-9-21/h10-16,26-27H,5-9,21-22H2,1-4H3,(H,23,30)(H,24,28)(H,25,29)(H,31,32). The van der Waals surface area contributed by atoms with Crippen molar-refractivity contribution >= 4 is 23.7 Å². The van der Waals surface area contributed by atoms with Crippen molar-refractivity contribution in [3.8, 4) is 0 Å². The molecule has 0 aromatic carbocycles. The van der Waals surface area contributed by atoms with Gasteiger partial charge in [-0.3, -0.25) is 14.4 Å². The summed E-state index contributed by atoms with van der Waals surface area (Å²) >= 11 is 0. The molecule has 0 rings (SSSR count). The lowest BCUT2D eigenvalue weighted by Crippen LogP contribution is -2.61. The van der Waals surface area contributed by atoms with Crippen LogP contribution in [-0.2, 0) is 19.2 Å². The Kier molecular flexibility index (Phi) is 13.7. The number of hydrogen-bond acceptors (Lipinski definition) is 8. The summed E-state index contributed by atoms with van der Waals surface area (Å²) < 4.78 is 0. The molecule has 32 heavy (non-hydrogen) atoms. The normalized spacial score (nSPS) is 17.8. The lowest BCUT2D eigenvalue weighted by molar-refractivity contribution is -0.143. The minimum absolute atomic E-state index is 0.140. The van der Waals surface area contributed by atoms with Crippen LogP contribution >= 0.6 is 0 Å². The van der Waals surface area contributed by atoms with E-state index in [1.54, 1.807) is 13.8 Å². The molecule has 0 aliphatic rings. The molecule has 0 bridgehead atoms. The number of carbonyl (C=O) groups is 4. The lowest BCUT2D eigenvalue weighted by Gasteiger charge is -2.29. The topological polar surface area (TPSA) is 217 Å². The predicted molar refractivity (Wildman–Crippen MR) is 117 cm³/mol. The van der Waals surface area contributed by atoms with Crippen molar-refractivity contribution in [1.29, 1.82) is 0 Å². The molecule has 0 saturated carbocycles. The maximum Gasteiger partial charge on any atom is 0.326 e. The first-order valence-electron chi connectivity index (χ1n) is 10.8. The van der Waals surface area contributed by atoms with E-state index in [9.17, 15) is 34.5 Å². The summed E-state index contributed by atoms with van der Waals surface area (Å²) in [6, 6.07) is -5.00. The van der Waals surface area contributed by atoms with Crippen LogP contribution in [0.15, 0.2) is 0 Å². The Morgan fingerprint density at radius 3 is 1.81 bits per heavy atom. The SMILES string of the molecule is CCC(C)C(NC(=O)C(N)C(C)O)C(=O)NC(C(=O)NC(CCCCN)C(=O)O)C(C)O. The van der Waals surface area contributed by atoms with E-state index in [1.807, 2.05) is 0 Å². The second kappa shape index (κ2) is 14.7. The minimum atomic E-state index is -1.45. The molecule has 0 aromatic rings. The van der Waals surface area contributed by atoms with Crippen molar-refractivity contribution in [2.75, 3.05) is 6.54 Å². The summed E-state index contributed by atoms with van der Waals surface area (Å²) in [4.78, 5) is 49.2. The van der Waals surface area contributed by atoms with E-state index in [0.29, 0.717) is 25.8 Å². The number of carboxylic acid groups (broad SMARTS) is 1. The zero-order valence-electron chi connectivity index (χ0n) is 19.2. The van der Waals surface area contributed by atoms with Gasteiger partial charge in [-0.15, -0.1) is 0 Å². The number of amides is 3. The van der Waals surface area contributed by atoms with Gasteiger partial charge in [0, 0.05) is 0 Å². The molecule has 12 heteroatoms. The third-order valence-electron chi connectivity index (χ3n) is 5.24. The first kappa shape index (κ1) is 29.7. The van der Waals surface area contributed by atoms with Crippen LogP contribution in [-0.4, -0.2) is 81.9 Å². The molecule has 0 radical (unpaired) electrons. The van der Waals surface area contributed by atoms with Gasteiger partial charge in [-0.05, 0) is 45.6 Å². The van der Waals surface area contributed by atoms with Gasteiger partial charge in [0.05, 0.1) is 12.2 Å². The maximum atomic E-state index is 12.9. The van der Waals surface area contributed by atoms with Crippen LogP contribution < -0.4 is 27.4 Å². The van der Waals surface area contributed by atoms with Crippen molar-refractivity contribution in [3.63, 3.8) is 0 Å². The number of rotatable bonds is 15. The van der Waals surface area contributed by atoms with Crippen molar-refractivity contribution in [2.45, 2.75) is 89.8 Å². The largest absolute Gasteiger partial charge is 0.480 e. The quantitative estimate of drug-likeness (QED) is 0.124. The molecular formula is C20H39N5O7.